The molecule has 28 heavy (non-hydrogen) atoms. The lowest BCUT2D eigenvalue weighted by Gasteiger charge is -2.07. The molecule has 0 saturated heterocycles. The minimum atomic E-state index is -3.42. The third-order valence-electron chi connectivity index (χ3n) is 4.15. The van der Waals surface area contributed by atoms with Crippen LogP contribution in [0.25, 0.3) is 10.2 Å². The van der Waals surface area contributed by atoms with Crippen LogP contribution in [-0.2, 0) is 16.4 Å². The number of carbonyl (C=O) groups is 1. The van der Waals surface area contributed by atoms with E-state index in [0.717, 1.165) is 11.3 Å². The number of para-hydroxylation sites is 1. The molecule has 0 aliphatic carbocycles. The molecule has 3 aromatic rings. The second-order valence-electron chi connectivity index (χ2n) is 6.30. The first kappa shape index (κ1) is 20.0. The van der Waals surface area contributed by atoms with Crippen LogP contribution in [0, 0.1) is 18.2 Å². The summed E-state index contributed by atoms with van der Waals surface area (Å²) in [5.74, 6) is 1.44. The van der Waals surface area contributed by atoms with E-state index in [1.54, 1.807) is 26.0 Å². The molecule has 0 aliphatic rings. The van der Waals surface area contributed by atoms with Gasteiger partial charge < -0.3 is 4.57 Å². The monoisotopic (exact) mass is 416 g/mol. The first-order chi connectivity index (χ1) is 13.3. The highest BCUT2D eigenvalue weighted by molar-refractivity contribution is 7.92. The van der Waals surface area contributed by atoms with E-state index in [4.69, 9.17) is 6.42 Å². The summed E-state index contributed by atoms with van der Waals surface area (Å²) >= 11 is 1.16. The van der Waals surface area contributed by atoms with Gasteiger partial charge in [-0.15, -0.1) is 6.42 Å². The summed E-state index contributed by atoms with van der Waals surface area (Å²) in [7, 11) is -3.42. The number of rotatable bonds is 4. The van der Waals surface area contributed by atoms with Crippen LogP contribution < -0.4 is 4.80 Å². The Morgan fingerprint density at radius 2 is 1.93 bits per heavy atom. The average Bonchev–Trinajstić information content (AvgIpc) is 3.00. The normalized spacial score (nSPS) is 12.5. The Labute approximate surface area is 166 Å². The van der Waals surface area contributed by atoms with Crippen LogP contribution in [-0.4, -0.2) is 24.1 Å². The maximum atomic E-state index is 14.2. The number of amides is 1. The highest BCUT2D eigenvalue weighted by Gasteiger charge is 2.19. The molecular weight excluding hydrogens is 399 g/mol. The Hall–Kier alpha value is -2.76. The zero-order valence-corrected chi connectivity index (χ0v) is 16.8. The van der Waals surface area contributed by atoms with E-state index in [1.165, 1.54) is 34.9 Å². The third kappa shape index (κ3) is 3.63. The minimum Gasteiger partial charge on any atom is -0.302 e. The summed E-state index contributed by atoms with van der Waals surface area (Å²) in [5.41, 5.74) is 0.531. The van der Waals surface area contributed by atoms with E-state index in [0.29, 0.717) is 10.2 Å². The molecule has 144 valence electrons. The van der Waals surface area contributed by atoms with E-state index in [-0.39, 0.29) is 21.8 Å². The SMILES string of the molecule is C#CCn1c(=NC(=O)c2ccc(S(=O)(=O)C(C)C)cc2)sc2cccc(F)c21. The van der Waals surface area contributed by atoms with Crippen LogP contribution >= 0.6 is 11.3 Å². The number of thiazole rings is 1. The lowest BCUT2D eigenvalue weighted by Crippen LogP contribution is -2.17. The second kappa shape index (κ2) is 7.70. The van der Waals surface area contributed by atoms with Crippen molar-refractivity contribution in [2.24, 2.45) is 4.99 Å². The molecule has 0 atom stereocenters. The molecule has 2 aromatic carbocycles. The number of nitrogens with zero attached hydrogens (tertiary/aromatic N) is 2. The number of carbonyl (C=O) groups excluding carboxylic acids is 1. The first-order valence-corrected chi connectivity index (χ1v) is 10.8. The van der Waals surface area contributed by atoms with Gasteiger partial charge in [-0.05, 0) is 50.2 Å². The molecule has 5 nitrogen and oxygen atoms in total. The molecule has 1 amide bonds. The maximum Gasteiger partial charge on any atom is 0.279 e. The van der Waals surface area contributed by atoms with E-state index in [2.05, 4.69) is 10.9 Å². The molecule has 0 spiro atoms. The smallest absolute Gasteiger partial charge is 0.279 e. The van der Waals surface area contributed by atoms with Gasteiger partial charge in [0.1, 0.15) is 5.82 Å². The fourth-order valence-electron chi connectivity index (χ4n) is 2.62. The maximum absolute atomic E-state index is 14.2. The topological polar surface area (TPSA) is 68.5 Å². The predicted octanol–water partition coefficient (Wildman–Crippen LogP) is 3.40. The van der Waals surface area contributed by atoms with E-state index >= 15 is 0 Å². The number of sulfone groups is 1. The van der Waals surface area contributed by atoms with E-state index in [9.17, 15) is 17.6 Å². The van der Waals surface area contributed by atoms with Gasteiger partial charge in [0.25, 0.3) is 5.91 Å². The summed E-state index contributed by atoms with van der Waals surface area (Å²) in [6.07, 6.45) is 5.38. The summed E-state index contributed by atoms with van der Waals surface area (Å²) in [4.78, 5) is 17.1. The Morgan fingerprint density at radius 1 is 1.25 bits per heavy atom. The number of halogens is 1. The first-order valence-electron chi connectivity index (χ1n) is 8.40. The Balaban J connectivity index is 2.05. The molecule has 0 N–H and O–H groups in total. The van der Waals surface area contributed by atoms with Gasteiger partial charge in [0.05, 0.1) is 26.9 Å². The van der Waals surface area contributed by atoms with Gasteiger partial charge >= 0.3 is 0 Å². The van der Waals surface area contributed by atoms with Crippen molar-refractivity contribution in [3.05, 3.63) is 58.6 Å². The molecule has 0 bridgehead atoms. The molecule has 1 heterocycles. The fraction of sp³-hybridized carbons (Fsp3) is 0.200. The van der Waals surface area contributed by atoms with Crippen molar-refractivity contribution < 1.29 is 17.6 Å². The van der Waals surface area contributed by atoms with Gasteiger partial charge in [0, 0.05) is 5.56 Å². The van der Waals surface area contributed by atoms with Crippen LogP contribution in [0.2, 0.25) is 0 Å². The number of hydrogen-bond acceptors (Lipinski definition) is 4. The van der Waals surface area contributed by atoms with Crippen molar-refractivity contribution in [1.29, 1.82) is 0 Å². The summed E-state index contributed by atoms with van der Waals surface area (Å²) in [6.45, 7) is 3.25. The molecule has 0 saturated carbocycles. The van der Waals surface area contributed by atoms with Crippen molar-refractivity contribution in [2.45, 2.75) is 30.5 Å². The second-order valence-corrected chi connectivity index (χ2v) is 9.81. The molecule has 0 fully saturated rings. The number of fused-ring (bicyclic) bond motifs is 1. The van der Waals surface area contributed by atoms with Gasteiger partial charge in [-0.1, -0.05) is 23.3 Å². The average molecular weight is 416 g/mol. The zero-order valence-electron chi connectivity index (χ0n) is 15.2. The molecule has 0 unspecified atom stereocenters. The molecule has 3 rings (SSSR count). The van der Waals surface area contributed by atoms with Crippen LogP contribution in [0.3, 0.4) is 0 Å². The van der Waals surface area contributed by atoms with Gasteiger partial charge in [0.2, 0.25) is 0 Å². The van der Waals surface area contributed by atoms with Gasteiger partial charge in [-0.2, -0.15) is 4.99 Å². The molecule has 0 aliphatic heterocycles. The molecular formula is C20H17FN2O3S2. The minimum absolute atomic E-state index is 0.0681. The fourth-order valence-corrected chi connectivity index (χ4v) is 4.72. The van der Waals surface area contributed by atoms with Crippen LogP contribution in [0.15, 0.2) is 52.4 Å². The lowest BCUT2D eigenvalue weighted by atomic mass is 10.2. The number of aromatic nitrogens is 1. The number of terminal acetylenes is 1. The highest BCUT2D eigenvalue weighted by Crippen LogP contribution is 2.21. The summed E-state index contributed by atoms with van der Waals surface area (Å²) in [5, 5.41) is -0.560. The molecule has 0 radical (unpaired) electrons. The van der Waals surface area contributed by atoms with Crippen molar-refractivity contribution >= 4 is 37.3 Å². The number of hydrogen-bond donors (Lipinski definition) is 0. The van der Waals surface area contributed by atoms with E-state index < -0.39 is 26.8 Å². The van der Waals surface area contributed by atoms with Crippen LogP contribution in [0.4, 0.5) is 4.39 Å². The summed E-state index contributed by atoms with van der Waals surface area (Å²) < 4.78 is 40.7. The third-order valence-corrected chi connectivity index (χ3v) is 7.36. The lowest BCUT2D eigenvalue weighted by molar-refractivity contribution is 0.0998. The summed E-state index contributed by atoms with van der Waals surface area (Å²) in [6, 6.07) is 10.2. The van der Waals surface area contributed by atoms with Crippen molar-refractivity contribution in [1.82, 2.24) is 4.57 Å². The van der Waals surface area contributed by atoms with Crippen LogP contribution in [0.1, 0.15) is 24.2 Å². The zero-order chi connectivity index (χ0) is 20.5. The van der Waals surface area contributed by atoms with Crippen molar-refractivity contribution in [2.75, 3.05) is 0 Å². The molecule has 1 aromatic heterocycles. The van der Waals surface area contributed by atoms with Crippen molar-refractivity contribution in [3.8, 4) is 12.3 Å². The Morgan fingerprint density at radius 3 is 2.54 bits per heavy atom. The Kier molecular flexibility index (Phi) is 5.49. The molecule has 8 heteroatoms. The predicted molar refractivity (Wildman–Crippen MR) is 107 cm³/mol. The number of benzene rings is 2. The quantitative estimate of drug-likeness (QED) is 0.612. The van der Waals surface area contributed by atoms with Gasteiger partial charge in [0.15, 0.2) is 14.6 Å². The standard InChI is InChI=1S/C20H17FN2O3S2/c1-4-12-23-18-16(21)6-5-7-17(18)27-20(23)22-19(24)14-8-10-15(11-9-14)28(25,26)13(2)3/h1,5-11,13H,12H2,2-3H3. The largest absolute Gasteiger partial charge is 0.302 e. The van der Waals surface area contributed by atoms with Crippen LogP contribution in [0.5, 0.6) is 0 Å². The van der Waals surface area contributed by atoms with Gasteiger partial charge in [-0.25, -0.2) is 12.8 Å². The highest BCUT2D eigenvalue weighted by atomic mass is 32.2. The Bertz CT molecular complexity index is 1260. The van der Waals surface area contributed by atoms with Crippen molar-refractivity contribution in [3.63, 3.8) is 0 Å². The van der Waals surface area contributed by atoms with E-state index in [1.807, 2.05) is 0 Å². The van der Waals surface area contributed by atoms with Gasteiger partial charge in [-0.3, -0.25) is 4.79 Å².